The van der Waals surface area contributed by atoms with Crippen LogP contribution in [0.15, 0.2) is 41.2 Å². The van der Waals surface area contributed by atoms with Crippen LogP contribution in [0.2, 0.25) is 0 Å². The van der Waals surface area contributed by atoms with Crippen molar-refractivity contribution < 1.29 is 58.9 Å². The number of ketones is 1. The predicted octanol–water partition coefficient (Wildman–Crippen LogP) is 5.65. The van der Waals surface area contributed by atoms with E-state index >= 15 is 0 Å². The number of allylic oxidation sites excluding steroid dienone is 2. The molecule has 1 saturated carbocycles. The smallest absolute Gasteiger partial charge is 0.312 e. The van der Waals surface area contributed by atoms with Gasteiger partial charge in [0.1, 0.15) is 23.4 Å². The Hall–Kier alpha value is -5.16. The summed E-state index contributed by atoms with van der Waals surface area (Å²) in [6.07, 6.45) is 9.75. The van der Waals surface area contributed by atoms with Gasteiger partial charge in [-0.2, -0.15) is 5.10 Å². The Kier molecular flexibility index (Phi) is 14.5. The highest BCUT2D eigenvalue weighted by Gasteiger charge is 2.50. The number of anilines is 1. The standard InChI is InChI=1S/C47H64N4O12/c1-24-13-12-14-25(2)46(59)49-37-32(23-48-51-20-18-50(19-21-51)31-15-10-11-16-31)41(56)34-35(42(37)57)40(55)29(6)44-36(34)45(58)47(8,63-44)61-22-17-33(60-9)26(3)43(62-30(7)52)28(5)39(54)27(4)38(24)53/h12-14,17,22-24,26-28,31,33,38-39,43,53-57H,10-11,15-16,18-21H2,1-9H3,(H,49,59)/b13-12-,22-17-,25-14-,48-23?/t24-,26-,27+,28-,33-,38-,39+,43+,47-/m0/s1. The third-order valence-electron chi connectivity index (χ3n) is 13.5. The Morgan fingerprint density at radius 1 is 0.921 bits per heavy atom. The van der Waals surface area contributed by atoms with Crippen LogP contribution in [0.1, 0.15) is 95.6 Å². The Balaban J connectivity index is 1.47. The number of esters is 1. The Morgan fingerprint density at radius 2 is 1.59 bits per heavy atom. The monoisotopic (exact) mass is 876 g/mol. The summed E-state index contributed by atoms with van der Waals surface area (Å²) in [5.41, 5.74) is -0.293. The van der Waals surface area contributed by atoms with Gasteiger partial charge in [-0.1, -0.05) is 58.8 Å². The van der Waals surface area contributed by atoms with Crippen molar-refractivity contribution in [3.8, 4) is 23.0 Å². The molecule has 1 saturated heterocycles. The summed E-state index contributed by atoms with van der Waals surface area (Å²) in [6, 6.07) is 0.553. The number of carbonyl (C=O) groups is 3. The average molecular weight is 877 g/mol. The molecule has 16 heteroatoms. The molecule has 1 aliphatic carbocycles. The van der Waals surface area contributed by atoms with E-state index in [4.69, 9.17) is 18.9 Å². The van der Waals surface area contributed by atoms with Crippen LogP contribution in [0.25, 0.3) is 10.8 Å². The van der Waals surface area contributed by atoms with Crippen LogP contribution < -0.4 is 10.1 Å². The number of nitrogens with zero attached hydrogens (tertiary/aromatic N) is 3. The third-order valence-corrected chi connectivity index (χ3v) is 13.5. The molecule has 5 aliphatic rings. The molecule has 63 heavy (non-hydrogen) atoms. The number of phenolic OH excluding ortho intramolecular Hbond substituents is 3. The lowest BCUT2D eigenvalue weighted by atomic mass is 9.78. The maximum absolute atomic E-state index is 14.5. The molecule has 2 aromatic rings. The van der Waals surface area contributed by atoms with Gasteiger partial charge < -0.3 is 49.8 Å². The number of methoxy groups -OCH3 is 1. The molecule has 0 aromatic heterocycles. The largest absolute Gasteiger partial charge is 0.507 e. The summed E-state index contributed by atoms with van der Waals surface area (Å²) in [4.78, 5) is 43.2. The SMILES string of the molecule is CO[C@H]1/C=C\O[C@@]2(C)Oc3c(C)c(O)c4c(O)c(c(C=NN5CCN(C6CCCC6)CC5)c(O)c4c3C2=O)NC(=O)/C(C)=C\C=C/[C@H](C)[C@H](O)[C@@H](C)[C@@H](O)[C@H](C)[C@H](OC(C)=O)[C@H]1C. The maximum Gasteiger partial charge on any atom is 0.312 e. The van der Waals surface area contributed by atoms with Crippen LogP contribution in [0, 0.1) is 30.6 Å². The second-order valence-corrected chi connectivity index (χ2v) is 17.8. The summed E-state index contributed by atoms with van der Waals surface area (Å²) >= 11 is 0. The van der Waals surface area contributed by atoms with Crippen molar-refractivity contribution in [2.45, 2.75) is 117 Å². The van der Waals surface area contributed by atoms with Crippen molar-refractivity contribution in [3.05, 3.63) is 52.8 Å². The number of rotatable bonds is 5. The summed E-state index contributed by atoms with van der Waals surface area (Å²) in [6.45, 7) is 15.4. The number of hydrogen-bond donors (Lipinski definition) is 6. The molecule has 5 bridgehead atoms. The molecule has 4 heterocycles. The van der Waals surface area contributed by atoms with Gasteiger partial charge in [0.2, 0.25) is 0 Å². The lowest BCUT2D eigenvalue weighted by molar-refractivity contribution is -0.160. The number of nitrogens with one attached hydrogen (secondary N) is 1. The van der Waals surface area contributed by atoms with Gasteiger partial charge in [0.25, 0.3) is 11.7 Å². The van der Waals surface area contributed by atoms with Gasteiger partial charge in [0, 0.05) is 93.4 Å². The second kappa shape index (κ2) is 19.3. The molecule has 9 atom stereocenters. The van der Waals surface area contributed by atoms with E-state index in [0.717, 1.165) is 13.1 Å². The fraction of sp³-hybridized carbons (Fsp3) is 0.574. The van der Waals surface area contributed by atoms with Crippen molar-refractivity contribution in [2.75, 3.05) is 38.6 Å². The van der Waals surface area contributed by atoms with Crippen LogP contribution in [0.5, 0.6) is 23.0 Å². The summed E-state index contributed by atoms with van der Waals surface area (Å²) in [5.74, 6) is -8.28. The van der Waals surface area contributed by atoms with Gasteiger partial charge in [-0.25, -0.2) is 0 Å². The number of aliphatic hydroxyl groups excluding tert-OH is 2. The average Bonchev–Trinajstić information content (AvgIpc) is 3.89. The Labute approximate surface area is 368 Å². The predicted molar refractivity (Wildman–Crippen MR) is 237 cm³/mol. The zero-order valence-corrected chi connectivity index (χ0v) is 37.8. The Bertz CT molecular complexity index is 2190. The molecule has 16 nitrogen and oxygen atoms in total. The molecular formula is C47H64N4O12. The number of piperazine rings is 1. The first-order valence-electron chi connectivity index (χ1n) is 21.9. The summed E-state index contributed by atoms with van der Waals surface area (Å²) < 4.78 is 23.7. The van der Waals surface area contributed by atoms with Gasteiger partial charge in [0.05, 0.1) is 53.0 Å². The minimum atomic E-state index is -2.04. The van der Waals surface area contributed by atoms with Crippen LogP contribution in [-0.4, -0.2) is 129 Å². The van der Waals surface area contributed by atoms with E-state index in [1.807, 2.05) is 5.01 Å². The molecular weight excluding hydrogens is 813 g/mol. The molecule has 0 spiro atoms. The second-order valence-electron chi connectivity index (χ2n) is 17.8. The first-order chi connectivity index (χ1) is 29.8. The van der Waals surface area contributed by atoms with E-state index < -0.39 is 88.8 Å². The number of ether oxygens (including phenoxy) is 4. The molecule has 1 amide bonds. The van der Waals surface area contributed by atoms with Gasteiger partial charge in [-0.05, 0) is 32.8 Å². The van der Waals surface area contributed by atoms with Crippen LogP contribution in [0.4, 0.5) is 5.69 Å². The van der Waals surface area contributed by atoms with Crippen LogP contribution in [0.3, 0.4) is 0 Å². The van der Waals surface area contributed by atoms with Crippen molar-refractivity contribution >= 4 is 40.3 Å². The molecule has 4 aliphatic heterocycles. The number of fused-ring (bicyclic) bond motifs is 14. The lowest BCUT2D eigenvalue weighted by Crippen LogP contribution is -2.47. The van der Waals surface area contributed by atoms with E-state index in [2.05, 4.69) is 15.3 Å². The summed E-state index contributed by atoms with van der Waals surface area (Å²) in [5, 5.41) is 67.6. The first kappa shape index (κ1) is 47.3. The van der Waals surface area contributed by atoms with E-state index in [1.165, 1.54) is 85.1 Å². The number of carbonyl (C=O) groups excluding carboxylic acids is 3. The van der Waals surface area contributed by atoms with Crippen LogP contribution in [-0.2, 0) is 23.8 Å². The molecule has 344 valence electrons. The first-order valence-corrected chi connectivity index (χ1v) is 21.9. The highest BCUT2D eigenvalue weighted by Crippen LogP contribution is 2.55. The number of Topliss-reactive ketones (excluding diaryl/α,β-unsaturated/α-hetero) is 1. The molecule has 2 aromatic carbocycles. The van der Waals surface area contributed by atoms with E-state index in [0.29, 0.717) is 19.1 Å². The van der Waals surface area contributed by atoms with Gasteiger partial charge in [-0.3, -0.25) is 24.3 Å². The number of hydrazone groups is 1. The molecule has 7 rings (SSSR count). The fourth-order valence-corrected chi connectivity index (χ4v) is 9.47. The fourth-order valence-electron chi connectivity index (χ4n) is 9.47. The molecule has 0 radical (unpaired) electrons. The van der Waals surface area contributed by atoms with E-state index in [-0.39, 0.29) is 44.5 Å². The van der Waals surface area contributed by atoms with Gasteiger partial charge >= 0.3 is 11.8 Å². The van der Waals surface area contributed by atoms with Gasteiger partial charge in [-0.15, -0.1) is 0 Å². The van der Waals surface area contributed by atoms with Crippen LogP contribution >= 0.6 is 0 Å². The molecule has 0 unspecified atom stereocenters. The van der Waals surface area contributed by atoms with E-state index in [1.54, 1.807) is 39.8 Å². The zero-order valence-electron chi connectivity index (χ0n) is 37.8. The molecule has 6 N–H and O–H groups in total. The highest BCUT2D eigenvalue weighted by molar-refractivity contribution is 6.23. The number of amides is 1. The number of phenols is 3. The van der Waals surface area contributed by atoms with Gasteiger partial charge in [0.15, 0.2) is 5.75 Å². The lowest BCUT2D eigenvalue weighted by Gasteiger charge is -2.38. The van der Waals surface area contributed by atoms with Crippen molar-refractivity contribution in [1.82, 2.24) is 9.91 Å². The zero-order chi connectivity index (χ0) is 46.1. The van der Waals surface area contributed by atoms with E-state index in [9.17, 15) is 39.9 Å². The minimum Gasteiger partial charge on any atom is -0.507 e. The van der Waals surface area contributed by atoms with Crippen molar-refractivity contribution in [2.24, 2.45) is 28.8 Å². The number of aromatic hydroxyl groups is 3. The maximum atomic E-state index is 14.5. The normalized spacial score (nSPS) is 32.4. The minimum absolute atomic E-state index is 0.0631. The number of aliphatic hydroxyl groups is 2. The topological polar surface area (TPSA) is 220 Å². The number of benzene rings is 2. The highest BCUT2D eigenvalue weighted by atomic mass is 16.7. The van der Waals surface area contributed by atoms with Crippen molar-refractivity contribution in [3.63, 3.8) is 0 Å². The quantitative estimate of drug-likeness (QED) is 0.0926. The van der Waals surface area contributed by atoms with Crippen molar-refractivity contribution in [1.29, 1.82) is 0 Å². The third kappa shape index (κ3) is 9.40. The summed E-state index contributed by atoms with van der Waals surface area (Å²) in [7, 11) is 1.44. The molecule has 2 fully saturated rings. The Morgan fingerprint density at radius 3 is 2.22 bits per heavy atom. The number of hydrogen-bond acceptors (Lipinski definition) is 15.